The lowest BCUT2D eigenvalue weighted by molar-refractivity contribution is -0.150. The summed E-state index contributed by atoms with van der Waals surface area (Å²) in [4.78, 5) is 26.4. The van der Waals surface area contributed by atoms with E-state index in [9.17, 15) is 24.4 Å². The Balaban J connectivity index is 1.57. The Kier molecular flexibility index (Phi) is 7.52. The van der Waals surface area contributed by atoms with Gasteiger partial charge < -0.3 is 24.2 Å². The van der Waals surface area contributed by atoms with Crippen molar-refractivity contribution in [1.29, 1.82) is 0 Å². The van der Waals surface area contributed by atoms with Gasteiger partial charge in [-0.1, -0.05) is 18.2 Å². The van der Waals surface area contributed by atoms with E-state index in [1.54, 1.807) is 44.2 Å². The van der Waals surface area contributed by atoms with Gasteiger partial charge in [-0.3, -0.25) is 23.7 Å². The maximum atomic E-state index is 13.8. The Morgan fingerprint density at radius 2 is 1.97 bits per heavy atom. The van der Waals surface area contributed by atoms with Crippen LogP contribution in [0.3, 0.4) is 0 Å². The normalized spacial score (nSPS) is 30.8. The number of carbonyl (C=O) groups is 1. The van der Waals surface area contributed by atoms with E-state index in [1.807, 2.05) is 0 Å². The van der Waals surface area contributed by atoms with Crippen LogP contribution in [0.25, 0.3) is 0 Å². The standard InChI is InChI=1S/C23H30N3O9PS/c1-13(2)33-19(29)14(3)25-36(31,35-15-8-6-5-7-9-15)32-12-23-17(18(23)28)22(4,30)20(34-23)26-11-10-16(27)24-21(26)37/h5-11,13-14,17-18,20,28,30H,12H2,1-4H3,(H,25,31)(H,24,27,37)/t14-,17?,18+,20+,22?,23?,36+/m0/s1. The van der Waals surface area contributed by atoms with Crippen molar-refractivity contribution in [2.45, 2.75) is 63.4 Å². The van der Waals surface area contributed by atoms with Crippen molar-refractivity contribution in [3.63, 3.8) is 0 Å². The molecule has 4 N–H and O–H groups in total. The van der Waals surface area contributed by atoms with Gasteiger partial charge in [-0.2, -0.15) is 5.09 Å². The average Bonchev–Trinajstić information content (AvgIpc) is 3.31. The number of aliphatic hydroxyl groups is 2. The highest BCUT2D eigenvalue weighted by atomic mass is 32.1. The predicted molar refractivity (Wildman–Crippen MR) is 133 cm³/mol. The minimum absolute atomic E-state index is 0.0156. The number of aromatic nitrogens is 2. The number of carbonyl (C=O) groups excluding carboxylic acids is 1. The topological polar surface area (TPSA) is 161 Å². The summed E-state index contributed by atoms with van der Waals surface area (Å²) < 4.78 is 37.7. The van der Waals surface area contributed by atoms with Crippen LogP contribution in [-0.2, 0) is 23.4 Å². The van der Waals surface area contributed by atoms with Gasteiger partial charge in [0.2, 0.25) is 0 Å². The third kappa shape index (κ3) is 5.44. The van der Waals surface area contributed by atoms with Crippen molar-refractivity contribution in [2.24, 2.45) is 5.92 Å². The molecule has 14 heteroatoms. The fourth-order valence-corrected chi connectivity index (χ4v) is 6.30. The number of nitrogens with zero attached hydrogens (tertiary/aromatic N) is 1. The van der Waals surface area contributed by atoms with Crippen molar-refractivity contribution >= 4 is 25.9 Å². The molecule has 7 atom stereocenters. The highest BCUT2D eigenvalue weighted by Gasteiger charge is 2.80. The van der Waals surface area contributed by atoms with Gasteiger partial charge in [0.15, 0.2) is 11.0 Å². The maximum Gasteiger partial charge on any atom is 0.459 e. The summed E-state index contributed by atoms with van der Waals surface area (Å²) in [5, 5.41) is 24.5. The summed E-state index contributed by atoms with van der Waals surface area (Å²) in [6.07, 6.45) is -1.24. The summed E-state index contributed by atoms with van der Waals surface area (Å²) in [7, 11) is -4.24. The summed E-state index contributed by atoms with van der Waals surface area (Å²) in [6, 6.07) is 8.38. The molecule has 2 aromatic rings. The number of hydrogen-bond acceptors (Lipinski definition) is 10. The number of hydrogen-bond donors (Lipinski definition) is 4. The SMILES string of the molecule is CC(C)OC(=O)[C@H](C)N[P@@](=O)(OCC12O[C@@H](n3ccc(=O)[nH]c3=S)C(C)(O)C1[C@H]2O)Oc1ccccc1. The van der Waals surface area contributed by atoms with E-state index in [4.69, 9.17) is 30.7 Å². The molecular formula is C23H30N3O9PS. The zero-order chi connectivity index (χ0) is 27.2. The largest absolute Gasteiger partial charge is 0.462 e. The van der Waals surface area contributed by atoms with Crippen molar-refractivity contribution in [3.05, 3.63) is 57.7 Å². The minimum Gasteiger partial charge on any atom is -0.462 e. The van der Waals surface area contributed by atoms with E-state index in [-0.39, 0.29) is 16.6 Å². The number of esters is 1. The third-order valence-corrected chi connectivity index (χ3v) is 8.22. The molecule has 2 aliphatic rings. The molecule has 1 aliphatic carbocycles. The Hall–Kier alpha value is -2.38. The smallest absolute Gasteiger partial charge is 0.459 e. The number of aliphatic hydroxyl groups excluding tert-OH is 1. The van der Waals surface area contributed by atoms with Gasteiger partial charge >= 0.3 is 13.7 Å². The highest BCUT2D eigenvalue weighted by molar-refractivity contribution is 7.71. The van der Waals surface area contributed by atoms with Crippen LogP contribution < -0.4 is 15.2 Å². The van der Waals surface area contributed by atoms with Crippen LogP contribution in [0, 0.1) is 10.7 Å². The van der Waals surface area contributed by atoms with Gasteiger partial charge in [0.25, 0.3) is 5.56 Å². The molecule has 0 radical (unpaired) electrons. The third-order valence-electron chi connectivity index (χ3n) is 6.28. The number of benzene rings is 1. The molecule has 37 heavy (non-hydrogen) atoms. The quantitative estimate of drug-likeness (QED) is 0.193. The van der Waals surface area contributed by atoms with E-state index in [1.165, 1.54) is 30.7 Å². The van der Waals surface area contributed by atoms with Gasteiger partial charge in [0.1, 0.15) is 23.0 Å². The van der Waals surface area contributed by atoms with Gasteiger partial charge in [-0.15, -0.1) is 0 Å². The first-order chi connectivity index (χ1) is 17.3. The van der Waals surface area contributed by atoms with Gasteiger partial charge in [-0.05, 0) is 52.0 Å². The number of H-pyrrole nitrogens is 1. The maximum absolute atomic E-state index is 13.8. The Labute approximate surface area is 218 Å². The van der Waals surface area contributed by atoms with Crippen LogP contribution in [0.15, 0.2) is 47.4 Å². The zero-order valence-electron chi connectivity index (χ0n) is 20.7. The van der Waals surface area contributed by atoms with Crippen LogP contribution in [0.1, 0.15) is 33.9 Å². The molecule has 0 amide bonds. The molecule has 4 rings (SSSR count). The van der Waals surface area contributed by atoms with E-state index >= 15 is 0 Å². The monoisotopic (exact) mass is 555 g/mol. The molecule has 1 aromatic heterocycles. The molecule has 1 aromatic carbocycles. The van der Waals surface area contributed by atoms with Crippen molar-refractivity contribution in [3.8, 4) is 5.75 Å². The van der Waals surface area contributed by atoms with Crippen LogP contribution in [0.4, 0.5) is 0 Å². The zero-order valence-corrected chi connectivity index (χ0v) is 22.4. The number of aromatic amines is 1. The minimum atomic E-state index is -4.24. The van der Waals surface area contributed by atoms with Gasteiger partial charge in [-0.25, -0.2) is 4.57 Å². The van der Waals surface area contributed by atoms with Crippen LogP contribution >= 0.6 is 20.0 Å². The highest BCUT2D eigenvalue weighted by Crippen LogP contribution is 2.65. The number of fused-ring (bicyclic) bond motifs is 1. The Morgan fingerprint density at radius 1 is 1.30 bits per heavy atom. The van der Waals surface area contributed by atoms with Crippen LogP contribution in [0.5, 0.6) is 5.75 Å². The number of rotatable bonds is 10. The Morgan fingerprint density at radius 3 is 2.59 bits per heavy atom. The molecule has 1 saturated carbocycles. The van der Waals surface area contributed by atoms with Crippen molar-refractivity contribution < 1.29 is 38.1 Å². The van der Waals surface area contributed by atoms with E-state index in [0.717, 1.165) is 0 Å². The molecular weight excluding hydrogens is 525 g/mol. The Bertz CT molecular complexity index is 1310. The fraction of sp³-hybridized carbons (Fsp3) is 0.522. The predicted octanol–water partition coefficient (Wildman–Crippen LogP) is 2.05. The lowest BCUT2D eigenvalue weighted by atomic mass is 9.98. The average molecular weight is 556 g/mol. The second-order valence-corrected chi connectivity index (χ2v) is 11.7. The lowest BCUT2D eigenvalue weighted by Gasteiger charge is -2.31. The van der Waals surface area contributed by atoms with Crippen LogP contribution in [-0.4, -0.2) is 61.8 Å². The van der Waals surface area contributed by atoms with E-state index in [2.05, 4.69) is 10.1 Å². The summed E-state index contributed by atoms with van der Waals surface area (Å²) in [5.74, 6) is -1.28. The molecule has 202 valence electrons. The molecule has 3 unspecified atom stereocenters. The van der Waals surface area contributed by atoms with Gasteiger partial charge in [0, 0.05) is 12.3 Å². The molecule has 12 nitrogen and oxygen atoms in total. The first-order valence-electron chi connectivity index (χ1n) is 11.7. The second-order valence-electron chi connectivity index (χ2n) is 9.60. The van der Waals surface area contributed by atoms with E-state index < -0.39 is 61.4 Å². The lowest BCUT2D eigenvalue weighted by Crippen LogP contribution is -2.39. The number of para-hydroxylation sites is 1. The summed E-state index contributed by atoms with van der Waals surface area (Å²) in [5.41, 5.74) is -3.49. The van der Waals surface area contributed by atoms with Crippen molar-refractivity contribution in [1.82, 2.24) is 14.6 Å². The number of nitrogens with one attached hydrogen (secondary N) is 2. The molecule has 1 aliphatic heterocycles. The van der Waals surface area contributed by atoms with Crippen LogP contribution in [0.2, 0.25) is 0 Å². The second kappa shape index (κ2) is 10.1. The summed E-state index contributed by atoms with van der Waals surface area (Å²) in [6.45, 7) is 5.83. The summed E-state index contributed by atoms with van der Waals surface area (Å²) >= 11 is 5.20. The van der Waals surface area contributed by atoms with E-state index in [0.29, 0.717) is 0 Å². The van der Waals surface area contributed by atoms with Gasteiger partial charge in [0.05, 0.1) is 24.7 Å². The first-order valence-corrected chi connectivity index (χ1v) is 13.6. The van der Waals surface area contributed by atoms with Crippen molar-refractivity contribution in [2.75, 3.05) is 6.61 Å². The molecule has 0 bridgehead atoms. The molecule has 2 fully saturated rings. The molecule has 0 spiro atoms. The molecule has 2 heterocycles. The first kappa shape index (κ1) is 27.6. The fourth-order valence-electron chi connectivity index (χ4n) is 4.52. The number of ether oxygens (including phenoxy) is 2. The molecule has 1 saturated heterocycles.